The van der Waals surface area contributed by atoms with Gasteiger partial charge in [-0.1, -0.05) is 54.6 Å². The van der Waals surface area contributed by atoms with Gasteiger partial charge >= 0.3 is 0 Å². The van der Waals surface area contributed by atoms with Gasteiger partial charge < -0.3 is 15.1 Å². The molecule has 140 valence electrons. The Morgan fingerprint density at radius 2 is 1.59 bits per heavy atom. The third-order valence-electron chi connectivity index (χ3n) is 5.65. The predicted molar refractivity (Wildman–Crippen MR) is 105 cm³/mol. The number of β-amino-alcohol motifs (C(OH)–C–C–N with tert-alkyl or cyclic N) is 1. The van der Waals surface area contributed by atoms with Crippen molar-refractivity contribution in [2.45, 2.75) is 24.5 Å². The van der Waals surface area contributed by atoms with Crippen LogP contribution in [-0.4, -0.2) is 34.7 Å². The SMILES string of the molecule is O[C@@H](CN1CCC(O)(c2ccccc2F)CC1)c1ccc2ccccc2c1. The minimum absolute atomic E-state index is 0.357. The van der Waals surface area contributed by atoms with Crippen molar-refractivity contribution in [3.8, 4) is 0 Å². The number of aliphatic hydroxyl groups excluding tert-OH is 1. The fourth-order valence-corrected chi connectivity index (χ4v) is 3.98. The molecule has 1 saturated heterocycles. The number of hydrogen-bond donors (Lipinski definition) is 2. The molecule has 4 heteroatoms. The zero-order valence-corrected chi connectivity index (χ0v) is 15.2. The van der Waals surface area contributed by atoms with Crippen molar-refractivity contribution < 1.29 is 14.6 Å². The second kappa shape index (κ2) is 7.39. The first-order valence-corrected chi connectivity index (χ1v) is 9.42. The predicted octanol–water partition coefficient (Wildman–Crippen LogP) is 4.00. The van der Waals surface area contributed by atoms with Crippen LogP contribution in [0, 0.1) is 5.82 Å². The normalized spacial score (nSPS) is 18.5. The number of rotatable bonds is 4. The molecule has 0 radical (unpaired) electrons. The minimum Gasteiger partial charge on any atom is -0.387 e. The first kappa shape index (κ1) is 18.1. The van der Waals surface area contributed by atoms with Crippen molar-refractivity contribution in [3.63, 3.8) is 0 Å². The van der Waals surface area contributed by atoms with E-state index >= 15 is 0 Å². The van der Waals surface area contributed by atoms with Crippen LogP contribution in [0.3, 0.4) is 0 Å². The van der Waals surface area contributed by atoms with Gasteiger partial charge in [0.25, 0.3) is 0 Å². The van der Waals surface area contributed by atoms with Gasteiger partial charge in [0, 0.05) is 25.2 Å². The topological polar surface area (TPSA) is 43.7 Å². The van der Waals surface area contributed by atoms with Gasteiger partial charge in [-0.15, -0.1) is 0 Å². The van der Waals surface area contributed by atoms with Gasteiger partial charge in [-0.2, -0.15) is 0 Å². The molecule has 0 bridgehead atoms. The van der Waals surface area contributed by atoms with Gasteiger partial charge in [-0.3, -0.25) is 0 Å². The van der Waals surface area contributed by atoms with E-state index in [0.717, 1.165) is 16.3 Å². The van der Waals surface area contributed by atoms with Crippen LogP contribution in [0.1, 0.15) is 30.1 Å². The van der Waals surface area contributed by atoms with Crippen LogP contribution < -0.4 is 0 Å². The highest BCUT2D eigenvalue weighted by Crippen LogP contribution is 2.34. The van der Waals surface area contributed by atoms with E-state index in [0.29, 0.717) is 38.0 Å². The molecule has 2 N–H and O–H groups in total. The quantitative estimate of drug-likeness (QED) is 0.735. The lowest BCUT2D eigenvalue weighted by Gasteiger charge is -2.39. The van der Waals surface area contributed by atoms with Gasteiger partial charge in [0.15, 0.2) is 0 Å². The molecule has 27 heavy (non-hydrogen) atoms. The van der Waals surface area contributed by atoms with E-state index in [2.05, 4.69) is 11.0 Å². The summed E-state index contributed by atoms with van der Waals surface area (Å²) in [4.78, 5) is 2.13. The highest BCUT2D eigenvalue weighted by atomic mass is 19.1. The van der Waals surface area contributed by atoms with Crippen LogP contribution in [0.15, 0.2) is 66.7 Å². The summed E-state index contributed by atoms with van der Waals surface area (Å²) in [7, 11) is 0. The van der Waals surface area contributed by atoms with E-state index in [1.807, 2.05) is 36.4 Å². The highest BCUT2D eigenvalue weighted by Gasteiger charge is 2.36. The zero-order valence-electron chi connectivity index (χ0n) is 15.2. The molecule has 1 aliphatic rings. The molecule has 3 nitrogen and oxygen atoms in total. The smallest absolute Gasteiger partial charge is 0.129 e. The van der Waals surface area contributed by atoms with Crippen molar-refractivity contribution in [1.82, 2.24) is 4.90 Å². The van der Waals surface area contributed by atoms with Crippen LogP contribution in [-0.2, 0) is 5.60 Å². The van der Waals surface area contributed by atoms with Crippen molar-refractivity contribution in [2.24, 2.45) is 0 Å². The van der Waals surface area contributed by atoms with Gasteiger partial charge in [0.05, 0.1) is 11.7 Å². The van der Waals surface area contributed by atoms with E-state index < -0.39 is 11.7 Å². The molecular weight excluding hydrogens is 341 g/mol. The molecule has 0 aromatic heterocycles. The Morgan fingerprint density at radius 1 is 0.926 bits per heavy atom. The molecular formula is C23H24FNO2. The molecule has 1 atom stereocenters. The summed E-state index contributed by atoms with van der Waals surface area (Å²) in [6.07, 6.45) is 0.325. The number of fused-ring (bicyclic) bond motifs is 1. The van der Waals surface area contributed by atoms with Crippen molar-refractivity contribution in [3.05, 3.63) is 83.7 Å². The average Bonchev–Trinajstić information content (AvgIpc) is 2.69. The third kappa shape index (κ3) is 3.74. The maximum atomic E-state index is 14.1. The lowest BCUT2D eigenvalue weighted by molar-refractivity contribution is -0.0367. The number of aliphatic hydroxyl groups is 2. The van der Waals surface area contributed by atoms with Gasteiger partial charge in [0.2, 0.25) is 0 Å². The Morgan fingerprint density at radius 3 is 2.33 bits per heavy atom. The van der Waals surface area contributed by atoms with Crippen LogP contribution in [0.5, 0.6) is 0 Å². The Kier molecular flexibility index (Phi) is 4.96. The fraction of sp³-hybridized carbons (Fsp3) is 0.304. The maximum absolute atomic E-state index is 14.1. The van der Waals surface area contributed by atoms with Crippen molar-refractivity contribution in [2.75, 3.05) is 19.6 Å². The number of piperidine rings is 1. The molecule has 1 heterocycles. The highest BCUT2D eigenvalue weighted by molar-refractivity contribution is 5.83. The second-order valence-corrected chi connectivity index (χ2v) is 7.43. The van der Waals surface area contributed by atoms with E-state index in [-0.39, 0.29) is 5.82 Å². The van der Waals surface area contributed by atoms with E-state index in [1.54, 1.807) is 18.2 Å². The number of likely N-dealkylation sites (tertiary alicyclic amines) is 1. The molecule has 4 rings (SSSR count). The largest absolute Gasteiger partial charge is 0.387 e. The fourth-order valence-electron chi connectivity index (χ4n) is 3.98. The molecule has 0 aliphatic carbocycles. The zero-order chi connectivity index (χ0) is 18.9. The van der Waals surface area contributed by atoms with E-state index in [9.17, 15) is 14.6 Å². The summed E-state index contributed by atoms with van der Waals surface area (Å²) >= 11 is 0. The second-order valence-electron chi connectivity index (χ2n) is 7.43. The summed E-state index contributed by atoms with van der Waals surface area (Å²) in [6.45, 7) is 1.75. The number of benzene rings is 3. The molecule has 1 aliphatic heterocycles. The molecule has 0 unspecified atom stereocenters. The summed E-state index contributed by atoms with van der Waals surface area (Å²) in [5.74, 6) is -0.357. The maximum Gasteiger partial charge on any atom is 0.129 e. The van der Waals surface area contributed by atoms with Crippen LogP contribution in [0.4, 0.5) is 4.39 Å². The summed E-state index contributed by atoms with van der Waals surface area (Å²) in [6, 6.07) is 20.6. The van der Waals surface area contributed by atoms with Crippen molar-refractivity contribution >= 4 is 10.8 Å². The van der Waals surface area contributed by atoms with Crippen LogP contribution >= 0.6 is 0 Å². The Labute approximate surface area is 158 Å². The van der Waals surface area contributed by atoms with E-state index in [4.69, 9.17) is 0 Å². The number of hydrogen-bond acceptors (Lipinski definition) is 3. The molecule has 3 aromatic carbocycles. The van der Waals surface area contributed by atoms with E-state index in [1.165, 1.54) is 6.07 Å². The number of halogens is 1. The molecule has 1 fully saturated rings. The molecule has 0 amide bonds. The summed E-state index contributed by atoms with van der Waals surface area (Å²) in [5.41, 5.74) is 0.138. The first-order valence-electron chi connectivity index (χ1n) is 9.42. The molecule has 0 saturated carbocycles. The Balaban J connectivity index is 1.41. The summed E-state index contributed by atoms with van der Waals surface area (Å²) in [5, 5.41) is 23.8. The lowest BCUT2D eigenvalue weighted by atomic mass is 9.84. The lowest BCUT2D eigenvalue weighted by Crippen LogP contribution is -2.44. The molecule has 3 aromatic rings. The van der Waals surface area contributed by atoms with Gasteiger partial charge in [0.1, 0.15) is 5.82 Å². The summed E-state index contributed by atoms with van der Waals surface area (Å²) < 4.78 is 14.1. The standard InChI is InChI=1S/C23H24FNO2/c24-21-8-4-3-7-20(21)23(27)11-13-25(14-12-23)16-22(26)19-10-9-17-5-1-2-6-18(17)15-19/h1-10,15,22,26-27H,11-14,16H2/t22-/m0/s1. The minimum atomic E-state index is -1.13. The Hall–Kier alpha value is -2.27. The van der Waals surface area contributed by atoms with Crippen LogP contribution in [0.25, 0.3) is 10.8 Å². The van der Waals surface area contributed by atoms with Gasteiger partial charge in [-0.25, -0.2) is 4.39 Å². The average molecular weight is 365 g/mol. The third-order valence-corrected chi connectivity index (χ3v) is 5.65. The van der Waals surface area contributed by atoms with Crippen molar-refractivity contribution in [1.29, 1.82) is 0 Å². The monoisotopic (exact) mass is 365 g/mol. The Bertz CT molecular complexity index is 934. The van der Waals surface area contributed by atoms with Gasteiger partial charge in [-0.05, 0) is 41.3 Å². The number of nitrogens with zero attached hydrogens (tertiary/aromatic N) is 1. The molecule has 0 spiro atoms. The first-order chi connectivity index (χ1) is 13.0. The van der Waals surface area contributed by atoms with Crippen LogP contribution in [0.2, 0.25) is 0 Å².